The van der Waals surface area contributed by atoms with Crippen molar-refractivity contribution in [2.24, 2.45) is 13.0 Å². The van der Waals surface area contributed by atoms with Gasteiger partial charge in [0.25, 0.3) is 0 Å². The van der Waals surface area contributed by atoms with Gasteiger partial charge in [0.15, 0.2) is 0 Å². The van der Waals surface area contributed by atoms with Crippen LogP contribution in [0.5, 0.6) is 0 Å². The first-order valence-electron chi connectivity index (χ1n) is 12.4. The minimum Gasteiger partial charge on any atom is -0.302 e. The number of rotatable bonds is 8. The number of likely N-dealkylation sites (tertiary alicyclic amines) is 2. The molecule has 4 rings (SSSR count). The number of hydrogen-bond acceptors (Lipinski definition) is 4. The summed E-state index contributed by atoms with van der Waals surface area (Å²) >= 11 is 0. The summed E-state index contributed by atoms with van der Waals surface area (Å²) in [4.78, 5) is 8.29. The molecule has 0 spiro atoms. The van der Waals surface area contributed by atoms with E-state index in [4.69, 9.17) is 0 Å². The maximum atomic E-state index is 4.50. The summed E-state index contributed by atoms with van der Waals surface area (Å²) in [6.45, 7) is 12.3. The molecule has 1 aliphatic carbocycles. The van der Waals surface area contributed by atoms with E-state index in [-0.39, 0.29) is 0 Å². The molecule has 164 valence electrons. The van der Waals surface area contributed by atoms with Gasteiger partial charge in [0.2, 0.25) is 0 Å². The predicted octanol–water partition coefficient (Wildman–Crippen LogP) is 3.67. The van der Waals surface area contributed by atoms with Crippen molar-refractivity contribution < 1.29 is 0 Å². The van der Waals surface area contributed by atoms with Gasteiger partial charge in [-0.2, -0.15) is 5.10 Å². The molecule has 0 bridgehead atoms. The third kappa shape index (κ3) is 5.83. The number of hydrogen-bond donors (Lipinski definition) is 0. The zero-order chi connectivity index (χ0) is 20.1. The quantitative estimate of drug-likeness (QED) is 0.664. The number of piperidine rings is 2. The molecule has 29 heavy (non-hydrogen) atoms. The standard InChI is InChI=1S/C24H43N5/c1-21-23(17-25-26(21)2)20-28(16-15-27-12-6-3-7-13-27)18-22-9-8-14-29(19-22)24-10-4-5-11-24/h17,22,24H,3-16,18-20H2,1-2H3. The minimum absolute atomic E-state index is 0.836. The van der Waals surface area contributed by atoms with E-state index in [0.717, 1.165) is 18.5 Å². The lowest BCUT2D eigenvalue weighted by molar-refractivity contribution is 0.0911. The molecule has 1 atom stereocenters. The summed E-state index contributed by atoms with van der Waals surface area (Å²) in [7, 11) is 2.07. The van der Waals surface area contributed by atoms with Crippen LogP contribution in [-0.4, -0.2) is 76.3 Å². The van der Waals surface area contributed by atoms with Gasteiger partial charge in [-0.15, -0.1) is 0 Å². The van der Waals surface area contributed by atoms with Crippen LogP contribution in [0.2, 0.25) is 0 Å². The normalized spacial score (nSPS) is 25.3. The Morgan fingerprint density at radius 3 is 2.52 bits per heavy atom. The second-order valence-electron chi connectivity index (χ2n) is 9.96. The van der Waals surface area contributed by atoms with Crippen LogP contribution in [0.3, 0.4) is 0 Å². The van der Waals surface area contributed by atoms with Gasteiger partial charge in [-0.3, -0.25) is 9.58 Å². The number of nitrogens with zero attached hydrogens (tertiary/aromatic N) is 5. The van der Waals surface area contributed by atoms with Gasteiger partial charge in [-0.25, -0.2) is 0 Å². The van der Waals surface area contributed by atoms with E-state index in [2.05, 4.69) is 40.0 Å². The van der Waals surface area contributed by atoms with Crippen molar-refractivity contribution in [3.63, 3.8) is 0 Å². The molecule has 1 saturated carbocycles. The molecular formula is C24H43N5. The molecule has 2 saturated heterocycles. The summed E-state index contributed by atoms with van der Waals surface area (Å²) < 4.78 is 2.03. The maximum Gasteiger partial charge on any atom is 0.0537 e. The zero-order valence-electron chi connectivity index (χ0n) is 19.0. The molecule has 0 amide bonds. The van der Waals surface area contributed by atoms with Crippen LogP contribution in [-0.2, 0) is 13.6 Å². The molecule has 2 aliphatic heterocycles. The molecule has 1 unspecified atom stereocenters. The fraction of sp³-hybridized carbons (Fsp3) is 0.875. The van der Waals surface area contributed by atoms with Crippen LogP contribution < -0.4 is 0 Å². The van der Waals surface area contributed by atoms with Gasteiger partial charge in [0.05, 0.1) is 6.20 Å². The van der Waals surface area contributed by atoms with E-state index >= 15 is 0 Å². The lowest BCUT2D eigenvalue weighted by Crippen LogP contribution is -2.46. The monoisotopic (exact) mass is 401 g/mol. The van der Waals surface area contributed by atoms with Gasteiger partial charge in [-0.1, -0.05) is 19.3 Å². The Balaban J connectivity index is 1.36. The molecule has 0 radical (unpaired) electrons. The largest absolute Gasteiger partial charge is 0.302 e. The van der Waals surface area contributed by atoms with E-state index in [1.165, 1.54) is 115 Å². The Morgan fingerprint density at radius 1 is 1.00 bits per heavy atom. The van der Waals surface area contributed by atoms with Gasteiger partial charge < -0.3 is 9.80 Å². The molecule has 0 aromatic carbocycles. The Bertz CT molecular complexity index is 615. The van der Waals surface area contributed by atoms with E-state index in [1.807, 2.05) is 4.68 Å². The molecule has 3 fully saturated rings. The van der Waals surface area contributed by atoms with Crippen molar-refractivity contribution in [1.82, 2.24) is 24.5 Å². The van der Waals surface area contributed by atoms with Crippen LogP contribution in [0.4, 0.5) is 0 Å². The lowest BCUT2D eigenvalue weighted by atomic mass is 9.95. The SMILES string of the molecule is Cc1c(CN(CCN2CCCCC2)CC2CCCN(C3CCCC3)C2)cnn1C. The predicted molar refractivity (Wildman–Crippen MR) is 120 cm³/mol. The summed E-state index contributed by atoms with van der Waals surface area (Å²) in [6.07, 6.45) is 14.9. The Hall–Kier alpha value is -0.910. The van der Waals surface area contributed by atoms with E-state index in [0.29, 0.717) is 0 Å². The second-order valence-corrected chi connectivity index (χ2v) is 9.96. The van der Waals surface area contributed by atoms with Crippen molar-refractivity contribution in [3.8, 4) is 0 Å². The first-order chi connectivity index (χ1) is 14.2. The highest BCUT2D eigenvalue weighted by molar-refractivity contribution is 5.15. The molecule has 0 N–H and O–H groups in total. The summed E-state index contributed by atoms with van der Waals surface area (Å²) in [6, 6.07) is 0.889. The maximum absolute atomic E-state index is 4.50. The first kappa shape index (κ1) is 21.3. The van der Waals surface area contributed by atoms with Crippen molar-refractivity contribution >= 4 is 0 Å². The van der Waals surface area contributed by atoms with Crippen LogP contribution >= 0.6 is 0 Å². The van der Waals surface area contributed by atoms with Crippen LogP contribution in [0.15, 0.2) is 6.20 Å². The first-order valence-corrected chi connectivity index (χ1v) is 12.4. The smallest absolute Gasteiger partial charge is 0.0537 e. The second kappa shape index (κ2) is 10.4. The molecule has 1 aromatic rings. The molecule has 1 aromatic heterocycles. The lowest BCUT2D eigenvalue weighted by Gasteiger charge is -2.39. The highest BCUT2D eigenvalue weighted by atomic mass is 15.3. The summed E-state index contributed by atoms with van der Waals surface area (Å²) in [5.41, 5.74) is 2.74. The molecule has 5 nitrogen and oxygen atoms in total. The van der Waals surface area contributed by atoms with Crippen molar-refractivity contribution in [2.45, 2.75) is 77.3 Å². The fourth-order valence-electron chi connectivity index (χ4n) is 5.85. The van der Waals surface area contributed by atoms with E-state index in [1.54, 1.807) is 0 Å². The average molecular weight is 402 g/mol. The third-order valence-electron chi connectivity index (χ3n) is 7.82. The zero-order valence-corrected chi connectivity index (χ0v) is 19.0. The van der Waals surface area contributed by atoms with E-state index in [9.17, 15) is 0 Å². The fourth-order valence-corrected chi connectivity index (χ4v) is 5.85. The Kier molecular flexibility index (Phi) is 7.65. The summed E-state index contributed by atoms with van der Waals surface area (Å²) in [5.74, 6) is 0.836. The van der Waals surface area contributed by atoms with Crippen molar-refractivity contribution in [1.29, 1.82) is 0 Å². The molecule has 3 heterocycles. The van der Waals surface area contributed by atoms with Crippen LogP contribution in [0.25, 0.3) is 0 Å². The van der Waals surface area contributed by atoms with Crippen LogP contribution in [0, 0.1) is 12.8 Å². The van der Waals surface area contributed by atoms with Gasteiger partial charge in [-0.05, 0) is 71.0 Å². The third-order valence-corrected chi connectivity index (χ3v) is 7.82. The molecular weight excluding hydrogens is 358 g/mol. The minimum atomic E-state index is 0.836. The molecule has 5 heteroatoms. The van der Waals surface area contributed by atoms with Gasteiger partial charge in [0.1, 0.15) is 0 Å². The summed E-state index contributed by atoms with van der Waals surface area (Å²) in [5, 5.41) is 4.50. The highest BCUT2D eigenvalue weighted by Gasteiger charge is 2.29. The van der Waals surface area contributed by atoms with Gasteiger partial charge >= 0.3 is 0 Å². The number of aryl methyl sites for hydroxylation is 1. The van der Waals surface area contributed by atoms with Crippen molar-refractivity contribution in [2.75, 3.05) is 45.8 Å². The van der Waals surface area contributed by atoms with E-state index < -0.39 is 0 Å². The topological polar surface area (TPSA) is 27.5 Å². The number of aromatic nitrogens is 2. The molecule has 3 aliphatic rings. The highest BCUT2D eigenvalue weighted by Crippen LogP contribution is 2.28. The van der Waals surface area contributed by atoms with Crippen molar-refractivity contribution in [3.05, 3.63) is 17.5 Å². The van der Waals surface area contributed by atoms with Crippen LogP contribution in [0.1, 0.15) is 69.0 Å². The Labute approximate surface area is 178 Å². The average Bonchev–Trinajstić information content (AvgIpc) is 3.39. The van der Waals surface area contributed by atoms with Gasteiger partial charge in [0, 0.05) is 57.1 Å². The Morgan fingerprint density at radius 2 is 1.79 bits per heavy atom.